The van der Waals surface area contributed by atoms with E-state index in [1.54, 1.807) is 30.3 Å². The van der Waals surface area contributed by atoms with E-state index in [0.29, 0.717) is 17.9 Å². The Bertz CT molecular complexity index is 424. The summed E-state index contributed by atoms with van der Waals surface area (Å²) in [5.41, 5.74) is 5.62. The monoisotopic (exact) mass is 218 g/mol. The third kappa shape index (κ3) is 2.70. The standard InChI is InChI=1S/C11H14N4O/c1-8(6-12)7-15(2)11-9(10(13)16)4-3-5-14-11/h3-5,8H,7H2,1-2H3,(H2,13,16). The Hall–Kier alpha value is -2.09. The summed E-state index contributed by atoms with van der Waals surface area (Å²) in [5.74, 6) is -0.135. The van der Waals surface area contributed by atoms with E-state index in [2.05, 4.69) is 11.1 Å². The second-order valence-electron chi connectivity index (χ2n) is 3.65. The summed E-state index contributed by atoms with van der Waals surface area (Å²) in [4.78, 5) is 17.0. The van der Waals surface area contributed by atoms with Gasteiger partial charge in [0.05, 0.1) is 17.6 Å². The third-order valence-corrected chi connectivity index (χ3v) is 2.18. The first-order valence-electron chi connectivity index (χ1n) is 4.91. The van der Waals surface area contributed by atoms with E-state index in [0.717, 1.165) is 0 Å². The van der Waals surface area contributed by atoms with Gasteiger partial charge < -0.3 is 10.6 Å². The fourth-order valence-corrected chi connectivity index (χ4v) is 1.43. The van der Waals surface area contributed by atoms with E-state index >= 15 is 0 Å². The molecular weight excluding hydrogens is 204 g/mol. The second-order valence-corrected chi connectivity index (χ2v) is 3.65. The van der Waals surface area contributed by atoms with Crippen LogP contribution in [-0.2, 0) is 0 Å². The summed E-state index contributed by atoms with van der Waals surface area (Å²) < 4.78 is 0. The summed E-state index contributed by atoms with van der Waals surface area (Å²) in [6.07, 6.45) is 1.59. The lowest BCUT2D eigenvalue weighted by Gasteiger charge is -2.20. The summed E-state index contributed by atoms with van der Waals surface area (Å²) in [6, 6.07) is 5.41. The number of rotatable bonds is 4. The van der Waals surface area contributed by atoms with Crippen molar-refractivity contribution in [2.24, 2.45) is 11.7 Å². The first kappa shape index (κ1) is 12.0. The van der Waals surface area contributed by atoms with Crippen molar-refractivity contribution in [3.8, 4) is 6.07 Å². The van der Waals surface area contributed by atoms with E-state index in [9.17, 15) is 4.79 Å². The second kappa shape index (κ2) is 5.12. The molecule has 0 fully saturated rings. The first-order chi connectivity index (χ1) is 7.56. The van der Waals surface area contributed by atoms with Gasteiger partial charge in [0.2, 0.25) is 0 Å². The summed E-state index contributed by atoms with van der Waals surface area (Å²) in [6.45, 7) is 2.32. The Morgan fingerprint density at radius 2 is 2.44 bits per heavy atom. The van der Waals surface area contributed by atoms with Crippen molar-refractivity contribution in [1.29, 1.82) is 5.26 Å². The molecule has 0 bridgehead atoms. The molecule has 0 aliphatic heterocycles. The van der Waals surface area contributed by atoms with Crippen LogP contribution in [0.15, 0.2) is 18.3 Å². The van der Waals surface area contributed by atoms with Gasteiger partial charge in [-0.2, -0.15) is 5.26 Å². The zero-order valence-corrected chi connectivity index (χ0v) is 9.34. The average Bonchev–Trinajstić information content (AvgIpc) is 2.28. The molecule has 1 amide bonds. The molecule has 5 nitrogen and oxygen atoms in total. The molecule has 0 spiro atoms. The van der Waals surface area contributed by atoms with Gasteiger partial charge in [0, 0.05) is 19.8 Å². The number of carbonyl (C=O) groups is 1. The largest absolute Gasteiger partial charge is 0.365 e. The predicted octanol–water partition coefficient (Wildman–Crippen LogP) is 0.776. The van der Waals surface area contributed by atoms with E-state index in [1.165, 1.54) is 0 Å². The maximum absolute atomic E-state index is 11.2. The molecule has 0 radical (unpaired) electrons. The van der Waals surface area contributed by atoms with Gasteiger partial charge in [0.15, 0.2) is 0 Å². The maximum Gasteiger partial charge on any atom is 0.252 e. The highest BCUT2D eigenvalue weighted by Crippen LogP contribution is 2.16. The molecule has 0 aromatic carbocycles. The highest BCUT2D eigenvalue weighted by atomic mass is 16.1. The van der Waals surface area contributed by atoms with Crippen molar-refractivity contribution < 1.29 is 4.79 Å². The molecule has 1 aromatic rings. The number of hydrogen-bond acceptors (Lipinski definition) is 4. The number of nitriles is 1. The molecule has 16 heavy (non-hydrogen) atoms. The molecule has 84 valence electrons. The molecule has 0 saturated carbocycles. The van der Waals surface area contributed by atoms with Gasteiger partial charge in [-0.3, -0.25) is 4.79 Å². The molecular formula is C11H14N4O. The fraction of sp³-hybridized carbons (Fsp3) is 0.364. The highest BCUT2D eigenvalue weighted by molar-refractivity contribution is 5.97. The van der Waals surface area contributed by atoms with Crippen molar-refractivity contribution in [3.63, 3.8) is 0 Å². The molecule has 5 heteroatoms. The van der Waals surface area contributed by atoms with E-state index in [1.807, 2.05) is 6.92 Å². The van der Waals surface area contributed by atoms with Crippen molar-refractivity contribution in [3.05, 3.63) is 23.9 Å². The Morgan fingerprint density at radius 1 is 1.75 bits per heavy atom. The predicted molar refractivity (Wildman–Crippen MR) is 60.8 cm³/mol. The summed E-state index contributed by atoms with van der Waals surface area (Å²) in [5, 5.41) is 8.72. The van der Waals surface area contributed by atoms with E-state index in [-0.39, 0.29) is 5.92 Å². The van der Waals surface area contributed by atoms with Crippen LogP contribution in [0.4, 0.5) is 5.82 Å². The summed E-state index contributed by atoms with van der Waals surface area (Å²) >= 11 is 0. The molecule has 1 atom stereocenters. The number of primary amides is 1. The topological polar surface area (TPSA) is 83.0 Å². The Kier molecular flexibility index (Phi) is 3.84. The SMILES string of the molecule is CC(C#N)CN(C)c1ncccc1C(N)=O. The van der Waals surface area contributed by atoms with E-state index < -0.39 is 5.91 Å². The lowest BCUT2D eigenvalue weighted by atomic mass is 10.2. The van der Waals surface area contributed by atoms with Crippen LogP contribution < -0.4 is 10.6 Å². The van der Waals surface area contributed by atoms with Gasteiger partial charge in [-0.1, -0.05) is 0 Å². The molecule has 2 N–H and O–H groups in total. The quantitative estimate of drug-likeness (QED) is 0.809. The number of pyridine rings is 1. The van der Waals surface area contributed by atoms with Crippen LogP contribution in [0.25, 0.3) is 0 Å². The Morgan fingerprint density at radius 3 is 3.00 bits per heavy atom. The van der Waals surface area contributed by atoms with Gasteiger partial charge in [-0.05, 0) is 19.1 Å². The van der Waals surface area contributed by atoms with Gasteiger partial charge in [0.25, 0.3) is 5.91 Å². The lowest BCUT2D eigenvalue weighted by molar-refractivity contribution is 0.100. The van der Waals surface area contributed by atoms with Crippen LogP contribution >= 0.6 is 0 Å². The van der Waals surface area contributed by atoms with E-state index in [4.69, 9.17) is 11.0 Å². The van der Waals surface area contributed by atoms with Crippen LogP contribution in [0, 0.1) is 17.2 Å². The van der Waals surface area contributed by atoms with Gasteiger partial charge in [-0.15, -0.1) is 0 Å². The van der Waals surface area contributed by atoms with Crippen molar-refractivity contribution in [1.82, 2.24) is 4.98 Å². The molecule has 1 rings (SSSR count). The van der Waals surface area contributed by atoms with Crippen molar-refractivity contribution >= 4 is 11.7 Å². The van der Waals surface area contributed by atoms with Gasteiger partial charge >= 0.3 is 0 Å². The highest BCUT2D eigenvalue weighted by Gasteiger charge is 2.14. The number of anilines is 1. The number of carbonyl (C=O) groups excluding carboxylic acids is 1. The number of amides is 1. The number of nitrogens with zero attached hydrogens (tertiary/aromatic N) is 3. The van der Waals surface area contributed by atoms with Crippen LogP contribution in [0.1, 0.15) is 17.3 Å². The maximum atomic E-state index is 11.2. The molecule has 0 aliphatic rings. The normalized spacial score (nSPS) is 11.6. The van der Waals surface area contributed by atoms with Crippen LogP contribution in [0.3, 0.4) is 0 Å². The molecule has 1 aromatic heterocycles. The van der Waals surface area contributed by atoms with Crippen molar-refractivity contribution in [2.75, 3.05) is 18.5 Å². The number of nitrogens with two attached hydrogens (primary N) is 1. The molecule has 0 saturated heterocycles. The smallest absolute Gasteiger partial charge is 0.252 e. The Balaban J connectivity index is 2.95. The average molecular weight is 218 g/mol. The fourth-order valence-electron chi connectivity index (χ4n) is 1.43. The minimum atomic E-state index is -0.514. The van der Waals surface area contributed by atoms with Gasteiger partial charge in [-0.25, -0.2) is 4.98 Å². The van der Waals surface area contributed by atoms with Gasteiger partial charge in [0.1, 0.15) is 5.82 Å². The molecule has 1 heterocycles. The van der Waals surface area contributed by atoms with Crippen LogP contribution in [0.2, 0.25) is 0 Å². The Labute approximate surface area is 94.5 Å². The minimum Gasteiger partial charge on any atom is -0.365 e. The first-order valence-corrected chi connectivity index (χ1v) is 4.91. The van der Waals surface area contributed by atoms with Crippen LogP contribution in [-0.4, -0.2) is 24.5 Å². The third-order valence-electron chi connectivity index (χ3n) is 2.18. The molecule has 1 unspecified atom stereocenters. The number of aromatic nitrogens is 1. The van der Waals surface area contributed by atoms with Crippen molar-refractivity contribution in [2.45, 2.75) is 6.92 Å². The number of hydrogen-bond donors (Lipinski definition) is 1. The van der Waals surface area contributed by atoms with Crippen LogP contribution in [0.5, 0.6) is 0 Å². The zero-order chi connectivity index (χ0) is 12.1. The zero-order valence-electron chi connectivity index (χ0n) is 9.34. The minimum absolute atomic E-state index is 0.132. The molecule has 0 aliphatic carbocycles. The lowest BCUT2D eigenvalue weighted by Crippen LogP contribution is -2.27. The summed E-state index contributed by atoms with van der Waals surface area (Å²) in [7, 11) is 1.78.